The van der Waals surface area contributed by atoms with Gasteiger partial charge in [0.2, 0.25) is 5.95 Å². The van der Waals surface area contributed by atoms with E-state index in [1.54, 1.807) is 4.52 Å². The van der Waals surface area contributed by atoms with Crippen LogP contribution in [0, 0.1) is 0 Å². The molecule has 0 bridgehead atoms. The van der Waals surface area contributed by atoms with E-state index in [0.717, 1.165) is 43.8 Å². The number of aromatic nitrogens is 3. The van der Waals surface area contributed by atoms with E-state index >= 15 is 0 Å². The number of hydrogen-bond donors (Lipinski definition) is 1. The maximum atomic E-state index is 5.92. The highest BCUT2D eigenvalue weighted by molar-refractivity contribution is 9.10. The van der Waals surface area contributed by atoms with Gasteiger partial charge in [-0.05, 0) is 18.2 Å². The summed E-state index contributed by atoms with van der Waals surface area (Å²) in [5.41, 5.74) is 12.3. The van der Waals surface area contributed by atoms with Gasteiger partial charge in [-0.25, -0.2) is 14.5 Å². The summed E-state index contributed by atoms with van der Waals surface area (Å²) < 4.78 is 2.77. The molecule has 1 aliphatic heterocycles. The van der Waals surface area contributed by atoms with E-state index in [1.807, 2.05) is 54.7 Å². The fraction of sp³-hybridized carbons (Fsp3) is 0. The van der Waals surface area contributed by atoms with E-state index in [4.69, 9.17) is 10.7 Å². The molecule has 0 amide bonds. The zero-order chi connectivity index (χ0) is 17.0. The Morgan fingerprint density at radius 3 is 2.48 bits per heavy atom. The van der Waals surface area contributed by atoms with Gasteiger partial charge >= 0.3 is 0 Å². The maximum Gasteiger partial charge on any atom is 0.238 e. The molecule has 4 aromatic rings. The molecule has 5 rings (SSSR count). The summed E-state index contributed by atoms with van der Waals surface area (Å²) >= 11 is 3.65. The molecule has 0 aliphatic carbocycles. The number of rotatable bonds is 1. The second kappa shape index (κ2) is 5.26. The summed E-state index contributed by atoms with van der Waals surface area (Å²) in [7, 11) is 0. The Morgan fingerprint density at radius 1 is 0.880 bits per heavy atom. The van der Waals surface area contributed by atoms with Crippen LogP contribution in [-0.4, -0.2) is 20.3 Å². The van der Waals surface area contributed by atoms with Gasteiger partial charge in [0.1, 0.15) is 11.2 Å². The van der Waals surface area contributed by atoms with Crippen LogP contribution < -0.4 is 5.73 Å². The van der Waals surface area contributed by atoms with Gasteiger partial charge in [-0.1, -0.05) is 52.3 Å². The molecule has 0 fully saturated rings. The summed E-state index contributed by atoms with van der Waals surface area (Å²) in [6.07, 6.45) is 1.90. The average Bonchev–Trinajstić information content (AvgIpc) is 2.97. The molecule has 0 spiro atoms. The number of fused-ring (bicyclic) bond motifs is 2. The first-order chi connectivity index (χ1) is 12.2. The molecule has 0 saturated carbocycles. The number of para-hydroxylation sites is 1. The predicted octanol–water partition coefficient (Wildman–Crippen LogP) is 4.22. The molecule has 5 nitrogen and oxygen atoms in total. The minimum Gasteiger partial charge on any atom is -0.367 e. The second-order valence-corrected chi connectivity index (χ2v) is 6.65. The number of nitrogens with two attached hydrogens (primary N) is 1. The number of aliphatic imine (C=N–C) groups is 1. The minimum atomic E-state index is 0.240. The lowest BCUT2D eigenvalue weighted by Crippen LogP contribution is -2.06. The maximum absolute atomic E-state index is 5.92. The van der Waals surface area contributed by atoms with Gasteiger partial charge in [0.25, 0.3) is 0 Å². The van der Waals surface area contributed by atoms with E-state index < -0.39 is 0 Å². The smallest absolute Gasteiger partial charge is 0.238 e. The zero-order valence-corrected chi connectivity index (χ0v) is 14.6. The molecule has 3 heterocycles. The number of nitrogen functional groups attached to an aromatic ring is 1. The first-order valence-electron chi connectivity index (χ1n) is 7.80. The molecule has 0 unspecified atom stereocenters. The first-order valence-corrected chi connectivity index (χ1v) is 8.60. The second-order valence-electron chi connectivity index (χ2n) is 5.80. The minimum absolute atomic E-state index is 0.240. The number of hydrogen-bond acceptors (Lipinski definition) is 4. The monoisotopic (exact) mass is 389 g/mol. The van der Waals surface area contributed by atoms with Gasteiger partial charge in [-0.15, -0.1) is 5.10 Å². The molecular formula is C19H12BrN5. The van der Waals surface area contributed by atoms with Gasteiger partial charge in [0.05, 0.1) is 11.4 Å². The molecule has 25 heavy (non-hydrogen) atoms. The summed E-state index contributed by atoms with van der Waals surface area (Å²) in [6, 6.07) is 18.0. The van der Waals surface area contributed by atoms with Crippen LogP contribution in [-0.2, 0) is 0 Å². The highest BCUT2D eigenvalue weighted by Gasteiger charge is 2.24. The lowest BCUT2D eigenvalue weighted by atomic mass is 10.0. The Bertz CT molecular complexity index is 1180. The molecule has 6 heteroatoms. The van der Waals surface area contributed by atoms with Crippen LogP contribution >= 0.6 is 15.9 Å². The number of anilines is 1. The summed E-state index contributed by atoms with van der Waals surface area (Å²) in [5.74, 6) is 0.240. The third-order valence-electron chi connectivity index (χ3n) is 4.30. The average molecular weight is 390 g/mol. The Morgan fingerprint density at radius 2 is 1.64 bits per heavy atom. The molecule has 0 atom stereocenters. The largest absolute Gasteiger partial charge is 0.367 e. The van der Waals surface area contributed by atoms with Crippen LogP contribution in [0.5, 0.6) is 0 Å². The van der Waals surface area contributed by atoms with Crippen molar-refractivity contribution in [1.82, 2.24) is 14.6 Å². The van der Waals surface area contributed by atoms with Crippen LogP contribution in [0.4, 0.5) is 11.6 Å². The molecule has 0 radical (unpaired) electrons. The predicted molar refractivity (Wildman–Crippen MR) is 102 cm³/mol. The quantitative estimate of drug-likeness (QED) is 0.466. The standard InChI is InChI=1S/C19H12BrN5/c20-14-7-3-1-5-11(14)16-13-9-10-25-18(13)17(23-19(21)24-25)12-6-2-4-8-15(12)22-16/h1-10H,(H2,21,24). The van der Waals surface area contributed by atoms with Crippen molar-refractivity contribution in [2.75, 3.05) is 5.73 Å². The van der Waals surface area contributed by atoms with Gasteiger partial charge in [0.15, 0.2) is 0 Å². The van der Waals surface area contributed by atoms with Crippen LogP contribution in [0.1, 0.15) is 11.1 Å². The number of halogens is 1. The molecule has 2 aromatic heterocycles. The van der Waals surface area contributed by atoms with Crippen molar-refractivity contribution in [1.29, 1.82) is 0 Å². The van der Waals surface area contributed by atoms with E-state index in [1.165, 1.54) is 0 Å². The van der Waals surface area contributed by atoms with Crippen molar-refractivity contribution in [2.24, 2.45) is 4.99 Å². The zero-order valence-electron chi connectivity index (χ0n) is 13.0. The Labute approximate surface area is 152 Å². The fourth-order valence-electron chi connectivity index (χ4n) is 3.23. The van der Waals surface area contributed by atoms with E-state index in [2.05, 4.69) is 32.1 Å². The van der Waals surface area contributed by atoms with Crippen molar-refractivity contribution < 1.29 is 0 Å². The summed E-state index contributed by atoms with van der Waals surface area (Å²) in [4.78, 5) is 9.49. The molecule has 1 aliphatic rings. The Hall–Kier alpha value is -2.99. The number of nitrogens with zero attached hydrogens (tertiary/aromatic N) is 4. The first kappa shape index (κ1) is 14.4. The third kappa shape index (κ3) is 2.11. The lowest BCUT2D eigenvalue weighted by molar-refractivity contribution is 0.920. The highest BCUT2D eigenvalue weighted by atomic mass is 79.9. The van der Waals surface area contributed by atoms with Crippen LogP contribution in [0.15, 0.2) is 70.3 Å². The van der Waals surface area contributed by atoms with Gasteiger partial charge in [-0.3, -0.25) is 0 Å². The molecule has 2 N–H and O–H groups in total. The topological polar surface area (TPSA) is 68.6 Å². The van der Waals surface area contributed by atoms with Crippen molar-refractivity contribution in [3.8, 4) is 11.3 Å². The van der Waals surface area contributed by atoms with E-state index in [-0.39, 0.29) is 5.95 Å². The molecule has 120 valence electrons. The Balaban J connectivity index is 1.95. The lowest BCUT2D eigenvalue weighted by Gasteiger charge is -2.07. The van der Waals surface area contributed by atoms with Crippen molar-refractivity contribution >= 4 is 38.8 Å². The Kier molecular flexibility index (Phi) is 3.02. The fourth-order valence-corrected chi connectivity index (χ4v) is 3.70. The van der Waals surface area contributed by atoms with Crippen LogP contribution in [0.2, 0.25) is 0 Å². The van der Waals surface area contributed by atoms with E-state index in [0.29, 0.717) is 0 Å². The van der Waals surface area contributed by atoms with Crippen molar-refractivity contribution in [2.45, 2.75) is 0 Å². The normalized spacial score (nSPS) is 12.6. The van der Waals surface area contributed by atoms with Crippen molar-refractivity contribution in [3.05, 3.63) is 76.4 Å². The van der Waals surface area contributed by atoms with Crippen LogP contribution in [0.25, 0.3) is 16.8 Å². The summed E-state index contributed by atoms with van der Waals surface area (Å²) in [6.45, 7) is 0. The SMILES string of the molecule is Nc1nc2c3c(ccn3n1)C(c1ccccc1Br)=Nc1ccccc1-2. The number of benzene rings is 2. The van der Waals surface area contributed by atoms with Gasteiger partial charge < -0.3 is 5.73 Å². The van der Waals surface area contributed by atoms with E-state index in [9.17, 15) is 0 Å². The van der Waals surface area contributed by atoms with Gasteiger partial charge in [-0.2, -0.15) is 0 Å². The van der Waals surface area contributed by atoms with Crippen LogP contribution in [0.3, 0.4) is 0 Å². The third-order valence-corrected chi connectivity index (χ3v) is 4.99. The van der Waals surface area contributed by atoms with Gasteiger partial charge in [0, 0.05) is 27.4 Å². The molecule has 0 saturated heterocycles. The molecule has 2 aromatic carbocycles. The molecular weight excluding hydrogens is 378 g/mol. The highest BCUT2D eigenvalue weighted by Crippen LogP contribution is 2.38. The summed E-state index contributed by atoms with van der Waals surface area (Å²) in [5, 5.41) is 4.32. The van der Waals surface area contributed by atoms with Crippen molar-refractivity contribution in [3.63, 3.8) is 0 Å².